The van der Waals surface area contributed by atoms with Crippen LogP contribution in [0.4, 0.5) is 0 Å². The van der Waals surface area contributed by atoms with Crippen molar-refractivity contribution in [3.05, 3.63) is 37.1 Å². The Morgan fingerprint density at radius 2 is 2.56 bits per heavy atom. The second kappa shape index (κ2) is 5.80. The summed E-state index contributed by atoms with van der Waals surface area (Å²) in [6.45, 7) is 0.573. The van der Waals surface area contributed by atoms with Gasteiger partial charge in [0.25, 0.3) is 6.20 Å². The van der Waals surface area contributed by atoms with Crippen LogP contribution >= 0.6 is 27.3 Å². The molecular formula is C8H11BrN4O2S. The average molecular weight is 307 g/mol. The highest BCUT2D eigenvalue weighted by atomic mass is 79.9. The Balaban J connectivity index is 2.70. The number of aromatic nitrogens is 1. The smallest absolute Gasteiger partial charge is 0.274 e. The van der Waals surface area contributed by atoms with Gasteiger partial charge in [-0.2, -0.15) is 0 Å². The van der Waals surface area contributed by atoms with Gasteiger partial charge in [-0.1, -0.05) is 0 Å². The van der Waals surface area contributed by atoms with Crippen molar-refractivity contribution in [3.63, 3.8) is 0 Å². The number of halogens is 1. The summed E-state index contributed by atoms with van der Waals surface area (Å²) in [7, 11) is 3.42. The monoisotopic (exact) mass is 306 g/mol. The van der Waals surface area contributed by atoms with Gasteiger partial charge in [0.1, 0.15) is 0 Å². The van der Waals surface area contributed by atoms with Crippen LogP contribution in [0.15, 0.2) is 22.1 Å². The van der Waals surface area contributed by atoms with Crippen molar-refractivity contribution in [1.29, 1.82) is 0 Å². The SMILES string of the molecule is CNC(=C[N+](=O)[O-])N(C)Cc1cnc(Br)s1. The van der Waals surface area contributed by atoms with E-state index in [0.717, 1.165) is 15.0 Å². The lowest BCUT2D eigenvalue weighted by molar-refractivity contribution is -0.404. The second-order valence-electron chi connectivity index (χ2n) is 2.99. The Labute approximate surface area is 105 Å². The highest BCUT2D eigenvalue weighted by molar-refractivity contribution is 9.11. The van der Waals surface area contributed by atoms with E-state index in [9.17, 15) is 10.1 Å². The van der Waals surface area contributed by atoms with Crippen LogP contribution in [0.2, 0.25) is 0 Å². The summed E-state index contributed by atoms with van der Waals surface area (Å²) in [5, 5.41) is 13.2. The third-order valence-electron chi connectivity index (χ3n) is 1.81. The number of rotatable bonds is 5. The summed E-state index contributed by atoms with van der Waals surface area (Å²) >= 11 is 4.77. The molecule has 0 radical (unpaired) electrons. The molecule has 0 aliphatic heterocycles. The van der Waals surface area contributed by atoms with Crippen molar-refractivity contribution in [1.82, 2.24) is 15.2 Å². The van der Waals surface area contributed by atoms with Gasteiger partial charge in [0.2, 0.25) is 0 Å². The number of nitrogens with one attached hydrogen (secondary N) is 1. The molecule has 0 saturated heterocycles. The maximum atomic E-state index is 10.4. The fourth-order valence-corrected chi connectivity index (χ4v) is 2.54. The van der Waals surface area contributed by atoms with E-state index in [-0.39, 0.29) is 0 Å². The van der Waals surface area contributed by atoms with Crippen LogP contribution < -0.4 is 5.32 Å². The molecule has 0 saturated carbocycles. The van der Waals surface area contributed by atoms with Gasteiger partial charge >= 0.3 is 0 Å². The number of hydrogen-bond acceptors (Lipinski definition) is 6. The third kappa shape index (κ3) is 3.78. The van der Waals surface area contributed by atoms with Gasteiger partial charge in [-0.3, -0.25) is 10.1 Å². The Kier molecular flexibility index (Phi) is 4.69. The number of nitro groups is 1. The fraction of sp³-hybridized carbons (Fsp3) is 0.375. The predicted octanol–water partition coefficient (Wildman–Crippen LogP) is 1.63. The number of hydrogen-bond donors (Lipinski definition) is 1. The quantitative estimate of drug-likeness (QED) is 0.661. The first-order chi connectivity index (χ1) is 7.52. The Hall–Kier alpha value is -1.15. The lowest BCUT2D eigenvalue weighted by Gasteiger charge is -2.18. The lowest BCUT2D eigenvalue weighted by atomic mass is 10.5. The molecule has 8 heteroatoms. The molecule has 0 aliphatic carbocycles. The molecule has 0 aliphatic rings. The zero-order valence-corrected chi connectivity index (χ0v) is 11.2. The van der Waals surface area contributed by atoms with Crippen molar-refractivity contribution in [2.45, 2.75) is 6.54 Å². The van der Waals surface area contributed by atoms with E-state index in [0.29, 0.717) is 12.4 Å². The molecule has 0 amide bonds. The number of nitrogens with zero attached hydrogens (tertiary/aromatic N) is 3. The highest BCUT2D eigenvalue weighted by Crippen LogP contribution is 2.20. The largest absolute Gasteiger partial charge is 0.370 e. The van der Waals surface area contributed by atoms with E-state index < -0.39 is 4.92 Å². The summed E-state index contributed by atoms with van der Waals surface area (Å²) in [4.78, 5) is 16.7. The zero-order chi connectivity index (χ0) is 12.1. The summed E-state index contributed by atoms with van der Waals surface area (Å²) in [5.41, 5.74) is 0. The third-order valence-corrected chi connectivity index (χ3v) is 3.27. The molecular weight excluding hydrogens is 296 g/mol. The topological polar surface area (TPSA) is 71.3 Å². The van der Waals surface area contributed by atoms with Gasteiger partial charge < -0.3 is 10.2 Å². The molecule has 1 aromatic heterocycles. The van der Waals surface area contributed by atoms with E-state index in [2.05, 4.69) is 26.2 Å². The first kappa shape index (κ1) is 12.9. The molecule has 1 rings (SSSR count). The van der Waals surface area contributed by atoms with E-state index in [1.807, 2.05) is 0 Å². The minimum Gasteiger partial charge on any atom is -0.370 e. The van der Waals surface area contributed by atoms with Gasteiger partial charge in [0, 0.05) is 25.2 Å². The maximum absolute atomic E-state index is 10.4. The van der Waals surface area contributed by atoms with Gasteiger partial charge in [-0.15, -0.1) is 11.3 Å². The van der Waals surface area contributed by atoms with Crippen LogP contribution in [0.1, 0.15) is 4.88 Å². The molecule has 1 N–H and O–H groups in total. The molecule has 0 spiro atoms. The molecule has 0 unspecified atom stereocenters. The fourth-order valence-electron chi connectivity index (χ4n) is 1.13. The van der Waals surface area contributed by atoms with Crippen molar-refractivity contribution in [3.8, 4) is 0 Å². The lowest BCUT2D eigenvalue weighted by Crippen LogP contribution is -2.26. The summed E-state index contributed by atoms with van der Waals surface area (Å²) in [5.74, 6) is 0.453. The second-order valence-corrected chi connectivity index (χ2v) is 5.38. The van der Waals surface area contributed by atoms with Crippen LogP contribution in [0.25, 0.3) is 0 Å². The Morgan fingerprint density at radius 3 is 3.00 bits per heavy atom. The van der Waals surface area contributed by atoms with Crippen molar-refractivity contribution < 1.29 is 4.92 Å². The van der Waals surface area contributed by atoms with Gasteiger partial charge in [0.15, 0.2) is 9.74 Å². The summed E-state index contributed by atoms with van der Waals surface area (Å²) in [6.07, 6.45) is 2.68. The minimum atomic E-state index is -0.481. The predicted molar refractivity (Wildman–Crippen MR) is 65.4 cm³/mol. The van der Waals surface area contributed by atoms with Crippen molar-refractivity contribution >= 4 is 27.3 Å². The first-order valence-electron chi connectivity index (χ1n) is 4.37. The molecule has 0 bridgehead atoms. The molecule has 1 heterocycles. The molecule has 1 aromatic rings. The molecule has 88 valence electrons. The average Bonchev–Trinajstić information content (AvgIpc) is 2.60. The van der Waals surface area contributed by atoms with E-state index in [1.54, 1.807) is 25.2 Å². The Bertz CT molecular complexity index is 406. The molecule has 0 aromatic carbocycles. The van der Waals surface area contributed by atoms with E-state index >= 15 is 0 Å². The molecule has 16 heavy (non-hydrogen) atoms. The molecule has 0 fully saturated rings. The van der Waals surface area contributed by atoms with Gasteiger partial charge in [-0.05, 0) is 15.9 Å². The summed E-state index contributed by atoms with van der Waals surface area (Å²) < 4.78 is 0.806. The van der Waals surface area contributed by atoms with Crippen molar-refractivity contribution in [2.24, 2.45) is 0 Å². The summed E-state index contributed by atoms with van der Waals surface area (Å²) in [6, 6.07) is 0. The maximum Gasteiger partial charge on any atom is 0.274 e. The first-order valence-corrected chi connectivity index (χ1v) is 5.98. The molecule has 6 nitrogen and oxygen atoms in total. The zero-order valence-electron chi connectivity index (χ0n) is 8.81. The van der Waals surface area contributed by atoms with Crippen molar-refractivity contribution in [2.75, 3.05) is 14.1 Å². The highest BCUT2D eigenvalue weighted by Gasteiger charge is 2.09. The normalized spacial score (nSPS) is 11.3. The van der Waals surface area contributed by atoms with Crippen LogP contribution in [0, 0.1) is 10.1 Å². The Morgan fingerprint density at radius 1 is 1.88 bits per heavy atom. The van der Waals surface area contributed by atoms with Crippen LogP contribution in [-0.4, -0.2) is 28.9 Å². The van der Waals surface area contributed by atoms with E-state index in [1.165, 1.54) is 11.3 Å². The van der Waals surface area contributed by atoms with Crippen LogP contribution in [-0.2, 0) is 6.54 Å². The standard InChI is InChI=1S/C8H11BrN4O2S/c1-10-7(5-13(14)15)12(2)4-6-3-11-8(9)16-6/h3,5,10H,4H2,1-2H3. The van der Waals surface area contributed by atoms with Gasteiger partial charge in [-0.25, -0.2) is 4.98 Å². The van der Waals surface area contributed by atoms with Crippen LogP contribution in [0.3, 0.4) is 0 Å². The molecule has 0 atom stereocenters. The van der Waals surface area contributed by atoms with Gasteiger partial charge in [0.05, 0.1) is 11.5 Å². The minimum absolute atomic E-state index is 0.453. The van der Waals surface area contributed by atoms with Crippen LogP contribution in [0.5, 0.6) is 0 Å². The van der Waals surface area contributed by atoms with E-state index in [4.69, 9.17) is 0 Å². The number of thiazole rings is 1.